The van der Waals surface area contributed by atoms with E-state index < -0.39 is 0 Å². The van der Waals surface area contributed by atoms with Crippen LogP contribution in [-0.4, -0.2) is 6.61 Å². The highest BCUT2D eigenvalue weighted by atomic mass is 16.6. The molecule has 17 heavy (non-hydrogen) atoms. The first-order chi connectivity index (χ1) is 8.42. The molecular weight excluding hydrogens is 212 g/mol. The Kier molecular flexibility index (Phi) is 2.54. The van der Waals surface area contributed by atoms with Crippen LogP contribution in [-0.2, 0) is 0 Å². The smallest absolute Gasteiger partial charge is 0.169 e. The number of para-hydroxylation sites is 2. The third-order valence-electron chi connectivity index (χ3n) is 2.59. The van der Waals surface area contributed by atoms with E-state index in [2.05, 4.69) is 0 Å². The molecule has 2 aromatic carbocycles. The van der Waals surface area contributed by atoms with Gasteiger partial charge in [0.25, 0.3) is 0 Å². The number of rotatable bonds is 1. The predicted octanol–water partition coefficient (Wildman–Crippen LogP) is 3.50. The van der Waals surface area contributed by atoms with Crippen LogP contribution in [0.3, 0.4) is 0 Å². The lowest BCUT2D eigenvalue weighted by molar-refractivity contribution is 0.235. The largest absolute Gasteiger partial charge is 0.482 e. The molecule has 0 fully saturated rings. The van der Waals surface area contributed by atoms with Crippen molar-refractivity contribution in [3.63, 3.8) is 0 Å². The van der Waals surface area contributed by atoms with E-state index in [1.807, 2.05) is 60.7 Å². The highest BCUT2D eigenvalue weighted by Crippen LogP contribution is 2.32. The van der Waals surface area contributed by atoms with Crippen LogP contribution in [0.15, 0.2) is 60.4 Å². The van der Waals surface area contributed by atoms with Crippen LogP contribution in [0.2, 0.25) is 0 Å². The van der Waals surface area contributed by atoms with Gasteiger partial charge in [0.05, 0.1) is 0 Å². The molecule has 0 atom stereocenters. The summed E-state index contributed by atoms with van der Waals surface area (Å²) in [6.07, 6.45) is 2.00. The maximum absolute atomic E-state index is 5.77. The molecule has 2 heteroatoms. The van der Waals surface area contributed by atoms with Gasteiger partial charge in [-0.15, -0.1) is 0 Å². The first kappa shape index (κ1) is 9.97. The Balaban J connectivity index is 1.87. The molecule has 1 aliphatic rings. The fraction of sp³-hybridized carbons (Fsp3) is 0.0667. The molecule has 3 rings (SSSR count). The monoisotopic (exact) mass is 224 g/mol. The van der Waals surface area contributed by atoms with Gasteiger partial charge in [-0.2, -0.15) is 0 Å². The minimum absolute atomic E-state index is 0.478. The van der Waals surface area contributed by atoms with Crippen LogP contribution in [0.25, 0.3) is 6.08 Å². The normalized spacial score (nSPS) is 15.9. The molecule has 2 aromatic rings. The van der Waals surface area contributed by atoms with Crippen LogP contribution < -0.4 is 9.47 Å². The predicted molar refractivity (Wildman–Crippen MR) is 67.0 cm³/mol. The molecule has 2 nitrogen and oxygen atoms in total. The Hall–Kier alpha value is -2.22. The summed E-state index contributed by atoms with van der Waals surface area (Å²) >= 11 is 0. The van der Waals surface area contributed by atoms with Crippen molar-refractivity contribution < 1.29 is 9.47 Å². The van der Waals surface area contributed by atoms with Crippen molar-refractivity contribution in [1.82, 2.24) is 0 Å². The molecule has 0 saturated heterocycles. The summed E-state index contributed by atoms with van der Waals surface area (Å²) in [5.74, 6) is 2.41. The van der Waals surface area contributed by atoms with Crippen molar-refractivity contribution in [3.8, 4) is 11.5 Å². The highest BCUT2D eigenvalue weighted by Gasteiger charge is 2.14. The number of ether oxygens (including phenoxy) is 2. The maximum atomic E-state index is 5.77. The zero-order valence-electron chi connectivity index (χ0n) is 9.30. The zero-order chi connectivity index (χ0) is 11.5. The first-order valence-corrected chi connectivity index (χ1v) is 5.57. The number of benzene rings is 2. The lowest BCUT2D eigenvalue weighted by atomic mass is 10.2. The lowest BCUT2D eigenvalue weighted by Crippen LogP contribution is -2.13. The van der Waals surface area contributed by atoms with Gasteiger partial charge < -0.3 is 9.47 Å². The Morgan fingerprint density at radius 3 is 2.35 bits per heavy atom. The van der Waals surface area contributed by atoms with Crippen molar-refractivity contribution in [1.29, 1.82) is 0 Å². The summed E-state index contributed by atoms with van der Waals surface area (Å²) in [4.78, 5) is 0. The molecule has 0 spiro atoms. The van der Waals surface area contributed by atoms with Crippen LogP contribution in [0.1, 0.15) is 5.56 Å². The van der Waals surface area contributed by atoms with E-state index in [-0.39, 0.29) is 0 Å². The van der Waals surface area contributed by atoms with Crippen LogP contribution in [0.4, 0.5) is 0 Å². The highest BCUT2D eigenvalue weighted by molar-refractivity contribution is 5.54. The van der Waals surface area contributed by atoms with E-state index in [0.29, 0.717) is 6.61 Å². The zero-order valence-corrected chi connectivity index (χ0v) is 9.30. The van der Waals surface area contributed by atoms with Gasteiger partial charge in [-0.05, 0) is 23.8 Å². The van der Waals surface area contributed by atoms with Crippen LogP contribution >= 0.6 is 0 Å². The van der Waals surface area contributed by atoms with Gasteiger partial charge in [0.15, 0.2) is 11.5 Å². The van der Waals surface area contributed by atoms with Gasteiger partial charge in [0.2, 0.25) is 0 Å². The van der Waals surface area contributed by atoms with Crippen molar-refractivity contribution in [2.24, 2.45) is 0 Å². The SMILES string of the molecule is C(=C1/COc2ccccc2O1)/c1ccccc1. The van der Waals surface area contributed by atoms with Crippen LogP contribution in [0.5, 0.6) is 11.5 Å². The minimum atomic E-state index is 0.478. The molecule has 0 aromatic heterocycles. The standard InChI is InChI=1S/C15H12O2/c1-2-6-12(7-3-1)10-13-11-16-14-8-4-5-9-15(14)17-13/h1-10H,11H2/b13-10+. The minimum Gasteiger partial charge on any atom is -0.482 e. The summed E-state index contributed by atoms with van der Waals surface area (Å²) in [5.41, 5.74) is 1.12. The van der Waals surface area contributed by atoms with Crippen molar-refractivity contribution in [3.05, 3.63) is 65.9 Å². The molecule has 0 bridgehead atoms. The Bertz CT molecular complexity index is 544. The molecule has 1 aliphatic heterocycles. The number of hydrogen-bond donors (Lipinski definition) is 0. The van der Waals surface area contributed by atoms with E-state index in [1.165, 1.54) is 0 Å². The number of hydrogen-bond acceptors (Lipinski definition) is 2. The lowest BCUT2D eigenvalue weighted by Gasteiger charge is -2.20. The third-order valence-corrected chi connectivity index (χ3v) is 2.59. The molecular formula is C15H12O2. The summed E-state index contributed by atoms with van der Waals surface area (Å²) in [6.45, 7) is 0.478. The second-order valence-electron chi connectivity index (χ2n) is 3.86. The second kappa shape index (κ2) is 4.34. The molecule has 0 N–H and O–H groups in total. The molecule has 0 amide bonds. The third kappa shape index (κ3) is 2.16. The van der Waals surface area contributed by atoms with E-state index >= 15 is 0 Å². The maximum Gasteiger partial charge on any atom is 0.169 e. The van der Waals surface area contributed by atoms with Gasteiger partial charge in [-0.25, -0.2) is 0 Å². The number of fused-ring (bicyclic) bond motifs is 1. The van der Waals surface area contributed by atoms with Gasteiger partial charge in [-0.1, -0.05) is 42.5 Å². The van der Waals surface area contributed by atoms with Crippen LogP contribution in [0, 0.1) is 0 Å². The molecule has 0 aliphatic carbocycles. The molecule has 0 saturated carbocycles. The first-order valence-electron chi connectivity index (χ1n) is 5.57. The Morgan fingerprint density at radius 1 is 0.824 bits per heavy atom. The van der Waals surface area contributed by atoms with E-state index in [1.54, 1.807) is 0 Å². The van der Waals surface area contributed by atoms with Crippen molar-refractivity contribution in [2.75, 3.05) is 6.61 Å². The quantitative estimate of drug-likeness (QED) is 0.738. The van der Waals surface area contributed by atoms with Gasteiger partial charge in [0, 0.05) is 0 Å². The van der Waals surface area contributed by atoms with E-state index in [4.69, 9.17) is 9.47 Å². The summed E-state index contributed by atoms with van der Waals surface area (Å²) in [5, 5.41) is 0. The van der Waals surface area contributed by atoms with Gasteiger partial charge >= 0.3 is 0 Å². The molecule has 84 valence electrons. The second-order valence-corrected chi connectivity index (χ2v) is 3.86. The fourth-order valence-electron chi connectivity index (χ4n) is 1.78. The Labute approximate surface area is 100 Å². The molecule has 0 unspecified atom stereocenters. The summed E-state index contributed by atoms with van der Waals surface area (Å²) in [6, 6.07) is 17.8. The van der Waals surface area contributed by atoms with Crippen molar-refractivity contribution in [2.45, 2.75) is 0 Å². The van der Waals surface area contributed by atoms with Crippen molar-refractivity contribution >= 4 is 6.08 Å². The van der Waals surface area contributed by atoms with E-state index in [0.717, 1.165) is 22.8 Å². The summed E-state index contributed by atoms with van der Waals surface area (Å²) < 4.78 is 11.4. The van der Waals surface area contributed by atoms with Gasteiger partial charge in [-0.3, -0.25) is 0 Å². The summed E-state index contributed by atoms with van der Waals surface area (Å²) in [7, 11) is 0. The Morgan fingerprint density at radius 2 is 1.53 bits per heavy atom. The molecule has 0 radical (unpaired) electrons. The van der Waals surface area contributed by atoms with Gasteiger partial charge in [0.1, 0.15) is 12.4 Å². The average molecular weight is 224 g/mol. The fourth-order valence-corrected chi connectivity index (χ4v) is 1.78. The molecule has 1 heterocycles. The average Bonchev–Trinajstić information content (AvgIpc) is 2.40. The van der Waals surface area contributed by atoms with E-state index in [9.17, 15) is 0 Å². The topological polar surface area (TPSA) is 18.5 Å².